The molecular formula is C7H10N4O. The molecule has 2 rings (SSSR count). The van der Waals surface area contributed by atoms with Crippen molar-refractivity contribution in [3.63, 3.8) is 0 Å². The standard InChI is InChI=1S/C7H10N4O/c8-6(12)5-4-10-11-3-1-2-9-7(5)11/h1,3,5,10H,2,4H2,(H2,8,12). The summed E-state index contributed by atoms with van der Waals surface area (Å²) in [5.41, 5.74) is 8.20. The van der Waals surface area contributed by atoms with E-state index in [0.717, 1.165) is 5.84 Å². The van der Waals surface area contributed by atoms with Gasteiger partial charge in [0.1, 0.15) is 11.8 Å². The number of fused-ring (bicyclic) bond motifs is 1. The summed E-state index contributed by atoms with van der Waals surface area (Å²) in [6.07, 6.45) is 3.78. The Bertz CT molecular complexity index is 271. The number of amides is 1. The molecular weight excluding hydrogens is 156 g/mol. The molecule has 0 spiro atoms. The number of primary amides is 1. The fraction of sp³-hybridized carbons (Fsp3) is 0.429. The van der Waals surface area contributed by atoms with Crippen LogP contribution in [0.5, 0.6) is 0 Å². The van der Waals surface area contributed by atoms with Crippen LogP contribution < -0.4 is 11.2 Å². The third-order valence-corrected chi connectivity index (χ3v) is 1.98. The molecule has 2 aliphatic rings. The summed E-state index contributed by atoms with van der Waals surface area (Å²) in [6, 6.07) is 0. The Morgan fingerprint density at radius 2 is 2.67 bits per heavy atom. The minimum absolute atomic E-state index is 0.269. The van der Waals surface area contributed by atoms with Crippen molar-refractivity contribution in [1.82, 2.24) is 10.4 Å². The highest BCUT2D eigenvalue weighted by Crippen LogP contribution is 2.13. The summed E-state index contributed by atoms with van der Waals surface area (Å²) >= 11 is 0. The van der Waals surface area contributed by atoms with Crippen LogP contribution in [0.25, 0.3) is 0 Å². The number of nitrogens with one attached hydrogen (secondary N) is 1. The Kier molecular flexibility index (Phi) is 1.58. The molecule has 0 saturated carbocycles. The van der Waals surface area contributed by atoms with Crippen LogP contribution in [-0.4, -0.2) is 29.8 Å². The van der Waals surface area contributed by atoms with Crippen LogP contribution in [0.4, 0.5) is 0 Å². The summed E-state index contributed by atoms with van der Waals surface area (Å²) in [4.78, 5) is 15.1. The van der Waals surface area contributed by atoms with Gasteiger partial charge in [-0.15, -0.1) is 0 Å². The molecule has 3 N–H and O–H groups in total. The van der Waals surface area contributed by atoms with E-state index in [0.29, 0.717) is 13.1 Å². The molecule has 1 atom stereocenters. The lowest BCUT2D eigenvalue weighted by Crippen LogP contribution is -2.34. The number of hydrogen-bond donors (Lipinski definition) is 2. The second kappa shape index (κ2) is 2.60. The molecule has 1 fully saturated rings. The van der Waals surface area contributed by atoms with Crippen molar-refractivity contribution in [2.24, 2.45) is 16.6 Å². The smallest absolute Gasteiger partial charge is 0.229 e. The predicted molar refractivity (Wildman–Crippen MR) is 44.0 cm³/mol. The maximum absolute atomic E-state index is 10.9. The van der Waals surface area contributed by atoms with E-state index in [2.05, 4.69) is 10.4 Å². The molecule has 2 heterocycles. The number of nitrogens with zero attached hydrogens (tertiary/aromatic N) is 2. The minimum Gasteiger partial charge on any atom is -0.369 e. The molecule has 1 saturated heterocycles. The fourth-order valence-corrected chi connectivity index (χ4v) is 1.37. The summed E-state index contributed by atoms with van der Waals surface area (Å²) < 4.78 is 0. The summed E-state index contributed by atoms with van der Waals surface area (Å²) in [7, 11) is 0. The first kappa shape index (κ1) is 7.30. The number of rotatable bonds is 1. The van der Waals surface area contributed by atoms with E-state index in [9.17, 15) is 4.79 Å². The van der Waals surface area contributed by atoms with Gasteiger partial charge in [0.2, 0.25) is 5.91 Å². The Morgan fingerprint density at radius 1 is 1.83 bits per heavy atom. The van der Waals surface area contributed by atoms with Gasteiger partial charge >= 0.3 is 0 Å². The molecule has 0 aromatic carbocycles. The molecule has 64 valence electrons. The third kappa shape index (κ3) is 0.984. The number of hydrogen-bond acceptors (Lipinski definition) is 4. The molecule has 0 aromatic rings. The molecule has 1 unspecified atom stereocenters. The van der Waals surface area contributed by atoms with Gasteiger partial charge in [0, 0.05) is 12.7 Å². The Morgan fingerprint density at radius 3 is 3.42 bits per heavy atom. The van der Waals surface area contributed by atoms with Crippen LogP contribution in [0.3, 0.4) is 0 Å². The van der Waals surface area contributed by atoms with Gasteiger partial charge in [-0.2, -0.15) is 0 Å². The van der Waals surface area contributed by atoms with Crippen molar-refractivity contribution < 1.29 is 4.79 Å². The molecule has 12 heavy (non-hydrogen) atoms. The van der Waals surface area contributed by atoms with Crippen molar-refractivity contribution in [3.05, 3.63) is 12.3 Å². The predicted octanol–water partition coefficient (Wildman–Crippen LogP) is -1.17. The average molecular weight is 166 g/mol. The second-order valence-corrected chi connectivity index (χ2v) is 2.77. The second-order valence-electron chi connectivity index (χ2n) is 2.77. The van der Waals surface area contributed by atoms with Crippen molar-refractivity contribution in [3.8, 4) is 0 Å². The van der Waals surface area contributed by atoms with Crippen LogP contribution in [0, 0.1) is 5.92 Å². The highest BCUT2D eigenvalue weighted by Gasteiger charge is 2.32. The van der Waals surface area contributed by atoms with Gasteiger partial charge in [-0.1, -0.05) is 0 Å². The first-order valence-corrected chi connectivity index (χ1v) is 3.82. The van der Waals surface area contributed by atoms with Crippen LogP contribution >= 0.6 is 0 Å². The van der Waals surface area contributed by atoms with E-state index in [1.807, 2.05) is 12.3 Å². The summed E-state index contributed by atoms with van der Waals surface area (Å²) in [5.74, 6) is 0.152. The van der Waals surface area contributed by atoms with Gasteiger partial charge in [0.05, 0.1) is 6.54 Å². The molecule has 5 nitrogen and oxygen atoms in total. The van der Waals surface area contributed by atoms with Gasteiger partial charge in [0.15, 0.2) is 0 Å². The molecule has 0 bridgehead atoms. The zero-order chi connectivity index (χ0) is 8.55. The average Bonchev–Trinajstić information content (AvgIpc) is 2.47. The highest BCUT2D eigenvalue weighted by molar-refractivity contribution is 6.04. The van der Waals surface area contributed by atoms with E-state index >= 15 is 0 Å². The lowest BCUT2D eigenvalue weighted by atomic mass is 10.1. The quantitative estimate of drug-likeness (QED) is 0.516. The Labute approximate surface area is 69.9 Å². The maximum Gasteiger partial charge on any atom is 0.229 e. The number of nitrogens with two attached hydrogens (primary N) is 1. The van der Waals surface area contributed by atoms with Crippen molar-refractivity contribution in [2.45, 2.75) is 0 Å². The van der Waals surface area contributed by atoms with Gasteiger partial charge < -0.3 is 5.73 Å². The molecule has 2 aliphatic heterocycles. The van der Waals surface area contributed by atoms with E-state index in [1.165, 1.54) is 0 Å². The summed E-state index contributed by atoms with van der Waals surface area (Å²) in [5, 5.41) is 1.75. The van der Waals surface area contributed by atoms with Crippen molar-refractivity contribution in [2.75, 3.05) is 13.1 Å². The molecule has 5 heteroatoms. The van der Waals surface area contributed by atoms with Gasteiger partial charge in [-0.25, -0.2) is 5.43 Å². The number of carbonyl (C=O) groups excluding carboxylic acids is 1. The first-order chi connectivity index (χ1) is 5.79. The van der Waals surface area contributed by atoms with Gasteiger partial charge in [-0.3, -0.25) is 14.8 Å². The first-order valence-electron chi connectivity index (χ1n) is 3.82. The van der Waals surface area contributed by atoms with E-state index in [4.69, 9.17) is 5.73 Å². The zero-order valence-corrected chi connectivity index (χ0v) is 6.53. The topological polar surface area (TPSA) is 70.7 Å². The molecule has 0 radical (unpaired) electrons. The zero-order valence-electron chi connectivity index (χ0n) is 6.53. The monoisotopic (exact) mass is 166 g/mol. The normalized spacial score (nSPS) is 26.8. The van der Waals surface area contributed by atoms with E-state index in [1.54, 1.807) is 5.01 Å². The fourth-order valence-electron chi connectivity index (χ4n) is 1.37. The molecule has 0 aliphatic carbocycles. The lowest BCUT2D eigenvalue weighted by Gasteiger charge is -2.17. The van der Waals surface area contributed by atoms with Crippen molar-refractivity contribution in [1.29, 1.82) is 0 Å². The largest absolute Gasteiger partial charge is 0.369 e. The lowest BCUT2D eigenvalue weighted by molar-refractivity contribution is -0.119. The molecule has 1 amide bonds. The van der Waals surface area contributed by atoms with E-state index in [-0.39, 0.29) is 11.8 Å². The number of carbonyl (C=O) groups is 1. The van der Waals surface area contributed by atoms with Crippen molar-refractivity contribution >= 4 is 11.7 Å². The maximum atomic E-state index is 10.9. The molecule has 0 aromatic heterocycles. The van der Waals surface area contributed by atoms with Crippen LogP contribution in [0.15, 0.2) is 17.3 Å². The minimum atomic E-state index is -0.320. The SMILES string of the molecule is NC(=O)C1CNN2C=CCN=C12. The number of hydrazine groups is 1. The Balaban J connectivity index is 2.23. The van der Waals surface area contributed by atoms with Crippen LogP contribution in [-0.2, 0) is 4.79 Å². The van der Waals surface area contributed by atoms with Crippen LogP contribution in [0.2, 0.25) is 0 Å². The number of aliphatic imine (C=N–C) groups is 1. The Hall–Kier alpha value is -1.36. The third-order valence-electron chi connectivity index (χ3n) is 1.98. The van der Waals surface area contributed by atoms with E-state index < -0.39 is 0 Å². The number of amidine groups is 1. The van der Waals surface area contributed by atoms with Gasteiger partial charge in [0.25, 0.3) is 0 Å². The highest BCUT2D eigenvalue weighted by atomic mass is 16.1. The summed E-state index contributed by atoms with van der Waals surface area (Å²) in [6.45, 7) is 1.19. The van der Waals surface area contributed by atoms with Gasteiger partial charge in [-0.05, 0) is 6.08 Å². The van der Waals surface area contributed by atoms with Crippen LogP contribution in [0.1, 0.15) is 0 Å².